The highest BCUT2D eigenvalue weighted by Crippen LogP contribution is 2.25. The topological polar surface area (TPSA) is 64.6 Å². The van der Waals surface area contributed by atoms with Crippen molar-refractivity contribution in [3.63, 3.8) is 0 Å². The van der Waals surface area contributed by atoms with Gasteiger partial charge in [0.25, 0.3) is 0 Å². The Labute approximate surface area is 150 Å². The molecule has 0 aliphatic heterocycles. The largest absolute Gasteiger partial charge is 0.496 e. The fourth-order valence-corrected chi connectivity index (χ4v) is 3.81. The van der Waals surface area contributed by atoms with Gasteiger partial charge in [0.1, 0.15) is 11.5 Å². The molecule has 1 N–H and O–H groups in total. The molecule has 25 heavy (non-hydrogen) atoms. The molecule has 2 aromatic carbocycles. The van der Waals surface area contributed by atoms with Gasteiger partial charge in [-0.25, -0.2) is 13.1 Å². The second-order valence-corrected chi connectivity index (χ2v) is 7.96. The average Bonchev–Trinajstić information content (AvgIpc) is 2.55. The fraction of sp³-hybridized carbons (Fsp3) is 0.368. The Bertz CT molecular complexity index is 827. The minimum Gasteiger partial charge on any atom is -0.496 e. The molecule has 0 radical (unpaired) electrons. The van der Waals surface area contributed by atoms with Crippen LogP contribution in [0.25, 0.3) is 0 Å². The Balaban J connectivity index is 2.13. The van der Waals surface area contributed by atoms with Crippen molar-refractivity contribution in [1.82, 2.24) is 4.72 Å². The van der Waals surface area contributed by atoms with Gasteiger partial charge in [-0.05, 0) is 68.7 Å². The molecule has 0 amide bonds. The molecule has 0 unspecified atom stereocenters. The molecule has 2 aromatic rings. The van der Waals surface area contributed by atoms with Crippen molar-refractivity contribution in [2.24, 2.45) is 0 Å². The van der Waals surface area contributed by atoms with Crippen molar-refractivity contribution in [3.8, 4) is 11.5 Å². The van der Waals surface area contributed by atoms with Crippen molar-refractivity contribution < 1.29 is 17.9 Å². The zero-order valence-corrected chi connectivity index (χ0v) is 16.1. The van der Waals surface area contributed by atoms with Crippen LogP contribution < -0.4 is 14.2 Å². The minimum absolute atomic E-state index is 0.102. The van der Waals surface area contributed by atoms with E-state index in [1.54, 1.807) is 26.2 Å². The maximum Gasteiger partial charge on any atom is 0.241 e. The van der Waals surface area contributed by atoms with Gasteiger partial charge >= 0.3 is 0 Å². The van der Waals surface area contributed by atoms with Crippen LogP contribution in [0.4, 0.5) is 0 Å². The molecule has 0 aliphatic rings. The van der Waals surface area contributed by atoms with E-state index in [1.807, 2.05) is 45.0 Å². The third kappa shape index (κ3) is 4.96. The quantitative estimate of drug-likeness (QED) is 0.817. The summed E-state index contributed by atoms with van der Waals surface area (Å²) in [5.41, 5.74) is 2.29. The number of ether oxygens (including phenoxy) is 2. The van der Waals surface area contributed by atoms with E-state index in [0.29, 0.717) is 11.3 Å². The van der Waals surface area contributed by atoms with Gasteiger partial charge in [0, 0.05) is 6.54 Å². The highest BCUT2D eigenvalue weighted by atomic mass is 32.2. The summed E-state index contributed by atoms with van der Waals surface area (Å²) in [6.07, 6.45) is 0.102. The van der Waals surface area contributed by atoms with Gasteiger partial charge in [-0.15, -0.1) is 0 Å². The number of sulfonamides is 1. The van der Waals surface area contributed by atoms with Gasteiger partial charge in [-0.3, -0.25) is 0 Å². The first-order chi connectivity index (χ1) is 11.7. The Morgan fingerprint density at radius 1 is 1.04 bits per heavy atom. The van der Waals surface area contributed by atoms with E-state index in [-0.39, 0.29) is 17.5 Å². The molecule has 0 aromatic heterocycles. The first kappa shape index (κ1) is 19.3. The van der Waals surface area contributed by atoms with Crippen molar-refractivity contribution >= 4 is 10.0 Å². The van der Waals surface area contributed by atoms with Crippen molar-refractivity contribution in [1.29, 1.82) is 0 Å². The monoisotopic (exact) mass is 363 g/mol. The van der Waals surface area contributed by atoms with Crippen LogP contribution in [-0.2, 0) is 16.6 Å². The molecule has 0 aliphatic carbocycles. The van der Waals surface area contributed by atoms with Gasteiger partial charge < -0.3 is 9.47 Å². The summed E-state index contributed by atoms with van der Waals surface area (Å²) in [4.78, 5) is 0.269. The van der Waals surface area contributed by atoms with Gasteiger partial charge in [-0.2, -0.15) is 0 Å². The maximum absolute atomic E-state index is 12.6. The average molecular weight is 363 g/mol. The third-order valence-electron chi connectivity index (χ3n) is 3.74. The molecule has 6 heteroatoms. The normalized spacial score (nSPS) is 11.6. The summed E-state index contributed by atoms with van der Waals surface area (Å²) >= 11 is 0. The van der Waals surface area contributed by atoms with Crippen LogP contribution in [0.15, 0.2) is 41.3 Å². The van der Waals surface area contributed by atoms with Crippen molar-refractivity contribution in [2.75, 3.05) is 7.11 Å². The summed E-state index contributed by atoms with van der Waals surface area (Å²) < 4.78 is 38.7. The van der Waals surface area contributed by atoms with Crippen LogP contribution in [0.1, 0.15) is 30.5 Å². The number of nitrogens with one attached hydrogen (secondary N) is 1. The number of hydrogen-bond donors (Lipinski definition) is 1. The fourth-order valence-electron chi connectivity index (χ4n) is 2.49. The molecule has 0 fully saturated rings. The van der Waals surface area contributed by atoms with Crippen LogP contribution in [-0.4, -0.2) is 21.6 Å². The van der Waals surface area contributed by atoms with Gasteiger partial charge in [0.05, 0.1) is 18.1 Å². The van der Waals surface area contributed by atoms with Crippen LogP contribution in [0.3, 0.4) is 0 Å². The molecule has 0 saturated carbocycles. The van der Waals surface area contributed by atoms with E-state index < -0.39 is 10.0 Å². The lowest BCUT2D eigenvalue weighted by atomic mass is 10.1. The Hall–Kier alpha value is -2.05. The SMILES string of the molecule is COc1cc(C)c(S(=O)(=O)NCc2ccc(OC(C)C)cc2)cc1C. The Kier molecular flexibility index (Phi) is 6.08. The van der Waals surface area contributed by atoms with Crippen molar-refractivity contribution in [3.05, 3.63) is 53.1 Å². The number of benzene rings is 2. The third-order valence-corrected chi connectivity index (χ3v) is 5.29. The standard InChI is InChI=1S/C19H25NO4S/c1-13(2)24-17-8-6-16(7-9-17)12-20-25(21,22)19-11-14(3)18(23-5)10-15(19)4/h6-11,13,20H,12H2,1-5H3. The molecular weight excluding hydrogens is 338 g/mol. The van der Waals surface area contributed by atoms with Crippen LogP contribution in [0, 0.1) is 13.8 Å². The number of rotatable bonds is 7. The molecule has 0 bridgehead atoms. The number of methoxy groups -OCH3 is 1. The van der Waals surface area contributed by atoms with E-state index >= 15 is 0 Å². The summed E-state index contributed by atoms with van der Waals surface area (Å²) in [7, 11) is -2.03. The highest BCUT2D eigenvalue weighted by Gasteiger charge is 2.18. The zero-order valence-electron chi connectivity index (χ0n) is 15.3. The Morgan fingerprint density at radius 2 is 1.68 bits per heavy atom. The van der Waals surface area contributed by atoms with Crippen LogP contribution >= 0.6 is 0 Å². The molecule has 136 valence electrons. The highest BCUT2D eigenvalue weighted by molar-refractivity contribution is 7.89. The van der Waals surface area contributed by atoms with E-state index in [0.717, 1.165) is 16.9 Å². The predicted octanol–water partition coefficient (Wildman–Crippen LogP) is 3.58. The zero-order chi connectivity index (χ0) is 18.6. The number of aryl methyl sites for hydroxylation is 2. The summed E-state index contributed by atoms with van der Waals surface area (Å²) in [6.45, 7) is 7.72. The first-order valence-electron chi connectivity index (χ1n) is 8.13. The van der Waals surface area contributed by atoms with E-state index in [4.69, 9.17) is 9.47 Å². The lowest BCUT2D eigenvalue weighted by Gasteiger charge is -2.13. The van der Waals surface area contributed by atoms with E-state index in [9.17, 15) is 8.42 Å². The second kappa shape index (κ2) is 7.89. The van der Waals surface area contributed by atoms with E-state index in [2.05, 4.69) is 4.72 Å². The predicted molar refractivity (Wildman–Crippen MR) is 98.7 cm³/mol. The summed E-state index contributed by atoms with van der Waals surface area (Å²) in [5, 5.41) is 0. The number of hydrogen-bond acceptors (Lipinski definition) is 4. The summed E-state index contributed by atoms with van der Waals surface area (Å²) in [5.74, 6) is 1.44. The maximum atomic E-state index is 12.6. The van der Waals surface area contributed by atoms with Crippen LogP contribution in [0.2, 0.25) is 0 Å². The summed E-state index contributed by atoms with van der Waals surface area (Å²) in [6, 6.07) is 10.8. The first-order valence-corrected chi connectivity index (χ1v) is 9.61. The lowest BCUT2D eigenvalue weighted by molar-refractivity contribution is 0.242. The molecule has 0 spiro atoms. The minimum atomic E-state index is -3.60. The van der Waals surface area contributed by atoms with Gasteiger partial charge in [0.15, 0.2) is 0 Å². The molecule has 0 saturated heterocycles. The second-order valence-electron chi connectivity index (χ2n) is 6.22. The smallest absolute Gasteiger partial charge is 0.241 e. The molecule has 2 rings (SSSR count). The van der Waals surface area contributed by atoms with Gasteiger partial charge in [-0.1, -0.05) is 12.1 Å². The van der Waals surface area contributed by atoms with E-state index in [1.165, 1.54) is 0 Å². The lowest BCUT2D eigenvalue weighted by Crippen LogP contribution is -2.24. The molecular formula is C19H25NO4S. The molecule has 0 heterocycles. The van der Waals surface area contributed by atoms with Crippen molar-refractivity contribution in [2.45, 2.75) is 45.2 Å². The molecule has 0 atom stereocenters. The Morgan fingerprint density at radius 3 is 2.24 bits per heavy atom. The van der Waals surface area contributed by atoms with Crippen LogP contribution in [0.5, 0.6) is 11.5 Å². The molecule has 5 nitrogen and oxygen atoms in total. The van der Waals surface area contributed by atoms with Gasteiger partial charge in [0.2, 0.25) is 10.0 Å².